The van der Waals surface area contributed by atoms with E-state index >= 15 is 0 Å². The Morgan fingerprint density at radius 2 is 1.31 bits per heavy atom. The van der Waals surface area contributed by atoms with Crippen LogP contribution in [0.15, 0.2) is 120 Å². The number of nitrogens with zero attached hydrogens (tertiary/aromatic N) is 2. The lowest BCUT2D eigenvalue weighted by atomic mass is 9.94. The summed E-state index contributed by atoms with van der Waals surface area (Å²) in [5.74, 6) is -1.37. The predicted octanol–water partition coefficient (Wildman–Crippen LogP) is 6.11. The van der Waals surface area contributed by atoms with Gasteiger partial charge >= 0.3 is 0 Å². The van der Waals surface area contributed by atoms with Gasteiger partial charge in [-0.3, -0.25) is 13.9 Å². The third-order valence-electron chi connectivity index (χ3n) is 8.14. The number of hydrogen-bond donors (Lipinski definition) is 1. The van der Waals surface area contributed by atoms with Gasteiger partial charge in [0.05, 0.1) is 10.6 Å². The zero-order valence-electron chi connectivity index (χ0n) is 25.1. The number of anilines is 1. The summed E-state index contributed by atoms with van der Waals surface area (Å²) in [6, 6.07) is 30.8. The number of rotatable bonds is 12. The third kappa shape index (κ3) is 8.36. The van der Waals surface area contributed by atoms with E-state index in [4.69, 9.17) is 0 Å². The zero-order valence-corrected chi connectivity index (χ0v) is 25.9. The fourth-order valence-electron chi connectivity index (χ4n) is 5.74. The van der Waals surface area contributed by atoms with E-state index in [1.807, 2.05) is 60.7 Å². The second-order valence-corrected chi connectivity index (χ2v) is 13.2. The Hall–Kier alpha value is -4.50. The molecule has 1 aliphatic rings. The van der Waals surface area contributed by atoms with Gasteiger partial charge in [-0.25, -0.2) is 12.8 Å². The lowest BCUT2D eigenvalue weighted by molar-refractivity contribution is -0.140. The van der Waals surface area contributed by atoms with Crippen molar-refractivity contribution in [2.24, 2.45) is 0 Å². The molecule has 0 spiro atoms. The number of carbonyl (C=O) groups excluding carboxylic acids is 2. The molecule has 4 aromatic rings. The molecule has 45 heavy (non-hydrogen) atoms. The van der Waals surface area contributed by atoms with Crippen LogP contribution in [0.5, 0.6) is 0 Å². The topological polar surface area (TPSA) is 86.8 Å². The van der Waals surface area contributed by atoms with E-state index in [1.54, 1.807) is 30.3 Å². The van der Waals surface area contributed by atoms with Crippen LogP contribution in [0.1, 0.15) is 43.2 Å². The average Bonchev–Trinajstić information content (AvgIpc) is 3.07. The van der Waals surface area contributed by atoms with Crippen LogP contribution in [0.4, 0.5) is 10.1 Å². The van der Waals surface area contributed by atoms with Crippen molar-refractivity contribution in [2.75, 3.05) is 10.8 Å². The summed E-state index contributed by atoms with van der Waals surface area (Å²) >= 11 is 0. The SMILES string of the molecule is O=C(NC1CCCCC1)C(Cc1ccccc1)N(Cc1ccccc1)C(=O)CN(c1ccccc1)S(=O)(=O)c1ccc(F)cc1. The highest BCUT2D eigenvalue weighted by Gasteiger charge is 2.35. The van der Waals surface area contributed by atoms with Crippen molar-refractivity contribution in [3.05, 3.63) is 132 Å². The smallest absolute Gasteiger partial charge is 0.264 e. The van der Waals surface area contributed by atoms with Crippen molar-refractivity contribution in [1.29, 1.82) is 0 Å². The highest BCUT2D eigenvalue weighted by Crippen LogP contribution is 2.25. The number of hydrogen-bond acceptors (Lipinski definition) is 4. The first kappa shape index (κ1) is 31.9. The van der Waals surface area contributed by atoms with Crippen molar-refractivity contribution >= 4 is 27.5 Å². The molecule has 0 saturated heterocycles. The molecule has 234 valence electrons. The van der Waals surface area contributed by atoms with E-state index < -0.39 is 34.3 Å². The van der Waals surface area contributed by atoms with Gasteiger partial charge < -0.3 is 10.2 Å². The minimum atomic E-state index is -4.28. The van der Waals surface area contributed by atoms with E-state index in [-0.39, 0.29) is 35.5 Å². The highest BCUT2D eigenvalue weighted by molar-refractivity contribution is 7.92. The van der Waals surface area contributed by atoms with Crippen LogP contribution in [0.2, 0.25) is 0 Å². The quantitative estimate of drug-likeness (QED) is 0.205. The summed E-state index contributed by atoms with van der Waals surface area (Å²) in [6.07, 6.45) is 5.23. The van der Waals surface area contributed by atoms with Crippen LogP contribution in [-0.4, -0.2) is 43.8 Å². The molecule has 5 rings (SSSR count). The van der Waals surface area contributed by atoms with Crippen LogP contribution >= 0.6 is 0 Å². The van der Waals surface area contributed by atoms with Crippen LogP contribution < -0.4 is 9.62 Å². The summed E-state index contributed by atoms with van der Waals surface area (Å²) in [5.41, 5.74) is 1.97. The Balaban J connectivity index is 1.53. The van der Waals surface area contributed by atoms with Gasteiger partial charge in [0.15, 0.2) is 0 Å². The van der Waals surface area contributed by atoms with Gasteiger partial charge in [-0.05, 0) is 60.4 Å². The summed E-state index contributed by atoms with van der Waals surface area (Å²) in [7, 11) is -4.28. The van der Waals surface area contributed by atoms with Gasteiger partial charge in [-0.1, -0.05) is 98.1 Å². The van der Waals surface area contributed by atoms with Crippen molar-refractivity contribution in [1.82, 2.24) is 10.2 Å². The van der Waals surface area contributed by atoms with Gasteiger partial charge in [-0.2, -0.15) is 0 Å². The van der Waals surface area contributed by atoms with Crippen LogP contribution in [0, 0.1) is 5.82 Å². The van der Waals surface area contributed by atoms with Gasteiger partial charge in [0.1, 0.15) is 18.4 Å². The number of benzene rings is 4. The van der Waals surface area contributed by atoms with Crippen molar-refractivity contribution in [3.63, 3.8) is 0 Å². The molecule has 9 heteroatoms. The summed E-state index contributed by atoms with van der Waals surface area (Å²) in [4.78, 5) is 29.9. The van der Waals surface area contributed by atoms with Gasteiger partial charge in [0, 0.05) is 19.0 Å². The number of halogens is 1. The first-order chi connectivity index (χ1) is 21.8. The second-order valence-electron chi connectivity index (χ2n) is 11.4. The average molecular weight is 628 g/mol. The molecule has 0 bridgehead atoms. The number of para-hydroxylation sites is 1. The van der Waals surface area contributed by atoms with Crippen LogP contribution in [-0.2, 0) is 32.6 Å². The van der Waals surface area contributed by atoms with Gasteiger partial charge in [-0.15, -0.1) is 0 Å². The molecule has 0 heterocycles. The predicted molar refractivity (Wildman–Crippen MR) is 173 cm³/mol. The van der Waals surface area contributed by atoms with E-state index in [1.165, 1.54) is 17.0 Å². The van der Waals surface area contributed by atoms with Crippen molar-refractivity contribution in [3.8, 4) is 0 Å². The van der Waals surface area contributed by atoms with Gasteiger partial charge in [0.25, 0.3) is 10.0 Å². The Labute approximate surface area is 264 Å². The Bertz CT molecular complexity index is 1650. The summed E-state index contributed by atoms with van der Waals surface area (Å²) in [5, 5.41) is 3.21. The first-order valence-corrected chi connectivity index (χ1v) is 16.8. The molecular weight excluding hydrogens is 589 g/mol. The number of sulfonamides is 1. The summed E-state index contributed by atoms with van der Waals surface area (Å²) < 4.78 is 42.7. The van der Waals surface area contributed by atoms with E-state index in [0.29, 0.717) is 0 Å². The molecule has 0 aliphatic heterocycles. The molecule has 7 nitrogen and oxygen atoms in total. The lowest BCUT2D eigenvalue weighted by Crippen LogP contribution is -2.55. The van der Waals surface area contributed by atoms with E-state index in [0.717, 1.165) is 59.7 Å². The lowest BCUT2D eigenvalue weighted by Gasteiger charge is -2.35. The second kappa shape index (κ2) is 15.0. The number of nitrogens with one attached hydrogen (secondary N) is 1. The maximum atomic E-state index is 14.5. The molecule has 1 saturated carbocycles. The van der Waals surface area contributed by atoms with Crippen LogP contribution in [0.3, 0.4) is 0 Å². The minimum Gasteiger partial charge on any atom is -0.352 e. The number of amides is 2. The van der Waals surface area contributed by atoms with E-state index in [2.05, 4.69) is 5.32 Å². The molecule has 0 aromatic heterocycles. The molecule has 1 N–H and O–H groups in total. The minimum absolute atomic E-state index is 0.0258. The Morgan fingerprint density at radius 3 is 1.91 bits per heavy atom. The third-order valence-corrected chi connectivity index (χ3v) is 9.93. The molecule has 1 fully saturated rings. The van der Waals surface area contributed by atoms with E-state index in [9.17, 15) is 22.4 Å². The zero-order chi connectivity index (χ0) is 31.6. The van der Waals surface area contributed by atoms with Gasteiger partial charge in [0.2, 0.25) is 11.8 Å². The van der Waals surface area contributed by atoms with Crippen molar-refractivity contribution in [2.45, 2.75) is 62.0 Å². The largest absolute Gasteiger partial charge is 0.352 e. The fourth-order valence-corrected chi connectivity index (χ4v) is 7.15. The summed E-state index contributed by atoms with van der Waals surface area (Å²) in [6.45, 7) is -0.451. The molecule has 0 radical (unpaired) electrons. The molecule has 1 aliphatic carbocycles. The fraction of sp³-hybridized carbons (Fsp3) is 0.278. The standard InChI is InChI=1S/C36H38FN3O4S/c37-30-21-23-33(24-22-30)45(43,44)40(32-19-11-4-12-20-32)27-35(41)39(26-29-15-7-2-8-16-29)34(25-28-13-5-1-6-14-28)36(42)38-31-17-9-3-10-18-31/h1-2,4-8,11-16,19-24,31,34H,3,9-10,17-18,25-27H2,(H,38,42). The first-order valence-electron chi connectivity index (χ1n) is 15.3. The molecular formula is C36H38FN3O4S. The molecule has 2 amide bonds. The highest BCUT2D eigenvalue weighted by atomic mass is 32.2. The maximum Gasteiger partial charge on any atom is 0.264 e. The molecule has 4 aromatic carbocycles. The maximum absolute atomic E-state index is 14.5. The number of carbonyl (C=O) groups is 2. The Kier molecular flexibility index (Phi) is 10.6. The molecule has 1 unspecified atom stereocenters. The normalized spacial score (nSPS) is 14.3. The Morgan fingerprint density at radius 1 is 0.756 bits per heavy atom. The molecule has 1 atom stereocenters. The monoisotopic (exact) mass is 627 g/mol. The van der Waals surface area contributed by atoms with Crippen molar-refractivity contribution < 1.29 is 22.4 Å². The van der Waals surface area contributed by atoms with Crippen LogP contribution in [0.25, 0.3) is 0 Å².